The van der Waals surface area contributed by atoms with Crippen molar-refractivity contribution in [2.45, 2.75) is 13.5 Å². The van der Waals surface area contributed by atoms with Gasteiger partial charge in [0.15, 0.2) is 11.5 Å². The fourth-order valence-electron chi connectivity index (χ4n) is 2.87. The Kier molecular flexibility index (Phi) is 6.51. The van der Waals surface area contributed by atoms with Gasteiger partial charge in [0.2, 0.25) is 0 Å². The molecular formula is C21H23N3O4. The summed E-state index contributed by atoms with van der Waals surface area (Å²) in [5, 5.41) is 5.00. The van der Waals surface area contributed by atoms with Gasteiger partial charge in [-0.05, 0) is 25.1 Å². The molecule has 146 valence electrons. The van der Waals surface area contributed by atoms with E-state index in [1.165, 1.54) is 0 Å². The number of hydrogen-bond donors (Lipinski definition) is 1. The van der Waals surface area contributed by atoms with E-state index in [1.54, 1.807) is 20.2 Å². The van der Waals surface area contributed by atoms with Crippen molar-refractivity contribution in [3.05, 3.63) is 60.3 Å². The van der Waals surface area contributed by atoms with E-state index in [-0.39, 0.29) is 0 Å². The summed E-state index contributed by atoms with van der Waals surface area (Å²) in [4.78, 5) is 11.4. The number of rotatable bonds is 8. The van der Waals surface area contributed by atoms with Crippen molar-refractivity contribution in [2.75, 3.05) is 20.3 Å². The number of carbonyl (C=O) groups excluding carboxylic acids is 1. The summed E-state index contributed by atoms with van der Waals surface area (Å²) in [6.45, 7) is 3.17. The van der Waals surface area contributed by atoms with Crippen molar-refractivity contribution in [1.82, 2.24) is 9.99 Å². The molecule has 0 saturated heterocycles. The number of hydrogen-bond acceptors (Lipinski definition) is 5. The summed E-state index contributed by atoms with van der Waals surface area (Å²) in [7, 11) is 1.62. The molecule has 0 aliphatic rings. The monoisotopic (exact) mass is 381 g/mol. The maximum absolute atomic E-state index is 11.4. The molecule has 7 heteroatoms. The van der Waals surface area contributed by atoms with Crippen LogP contribution in [0.5, 0.6) is 11.5 Å². The zero-order valence-corrected chi connectivity index (χ0v) is 15.9. The molecule has 2 aromatic carbocycles. The zero-order chi connectivity index (χ0) is 19.8. The third-order valence-corrected chi connectivity index (χ3v) is 4.11. The number of ether oxygens (including phenoxy) is 3. The molecule has 28 heavy (non-hydrogen) atoms. The summed E-state index contributed by atoms with van der Waals surface area (Å²) in [5.74, 6) is 1.42. The highest BCUT2D eigenvalue weighted by Gasteiger charge is 2.08. The Balaban J connectivity index is 1.71. The number of carbonyl (C=O) groups is 1. The molecule has 7 nitrogen and oxygen atoms in total. The molecule has 0 radical (unpaired) electrons. The Bertz CT molecular complexity index is 965. The summed E-state index contributed by atoms with van der Waals surface area (Å²) in [6, 6.07) is 15.6. The third kappa shape index (κ3) is 4.62. The summed E-state index contributed by atoms with van der Waals surface area (Å²) >= 11 is 0. The minimum absolute atomic E-state index is 0.298. The van der Waals surface area contributed by atoms with Crippen LogP contribution >= 0.6 is 0 Å². The SMILES string of the molecule is CCOC(=O)N/N=C\c1cn(CCOc2ccccc2OC)c2ccccc12. The molecule has 0 atom stereocenters. The minimum Gasteiger partial charge on any atom is -0.493 e. The van der Waals surface area contributed by atoms with Crippen molar-refractivity contribution in [3.63, 3.8) is 0 Å². The highest BCUT2D eigenvalue weighted by atomic mass is 16.5. The molecule has 0 spiro atoms. The normalized spacial score (nSPS) is 10.9. The summed E-state index contributed by atoms with van der Waals surface area (Å²) in [5.41, 5.74) is 4.30. The molecule has 1 amide bonds. The number of amides is 1. The zero-order valence-electron chi connectivity index (χ0n) is 15.9. The van der Waals surface area contributed by atoms with Crippen molar-refractivity contribution in [3.8, 4) is 11.5 Å². The number of nitrogens with zero attached hydrogens (tertiary/aromatic N) is 2. The van der Waals surface area contributed by atoms with Gasteiger partial charge in [0.1, 0.15) is 6.61 Å². The van der Waals surface area contributed by atoms with Gasteiger partial charge >= 0.3 is 6.09 Å². The van der Waals surface area contributed by atoms with Crippen molar-refractivity contribution in [1.29, 1.82) is 0 Å². The first-order chi connectivity index (χ1) is 13.7. The van der Waals surface area contributed by atoms with Gasteiger partial charge in [0.05, 0.1) is 26.5 Å². The lowest BCUT2D eigenvalue weighted by Gasteiger charge is -2.11. The fourth-order valence-corrected chi connectivity index (χ4v) is 2.87. The second kappa shape index (κ2) is 9.45. The Morgan fingerprint density at radius 2 is 1.89 bits per heavy atom. The van der Waals surface area contributed by atoms with Crippen LogP contribution in [0, 0.1) is 0 Å². The molecule has 0 bridgehead atoms. The maximum Gasteiger partial charge on any atom is 0.427 e. The molecule has 0 aliphatic heterocycles. The Labute approximate surface area is 163 Å². The van der Waals surface area contributed by atoms with Gasteiger partial charge in [-0.15, -0.1) is 0 Å². The average Bonchev–Trinajstić information content (AvgIpc) is 3.06. The highest BCUT2D eigenvalue weighted by molar-refractivity contribution is 5.99. The second-order valence-electron chi connectivity index (χ2n) is 5.88. The highest BCUT2D eigenvalue weighted by Crippen LogP contribution is 2.26. The lowest BCUT2D eigenvalue weighted by Crippen LogP contribution is -2.18. The fraction of sp³-hybridized carbons (Fsp3) is 0.238. The molecule has 1 N–H and O–H groups in total. The number of para-hydroxylation sites is 3. The van der Waals surface area contributed by atoms with E-state index in [0.717, 1.165) is 16.5 Å². The average molecular weight is 381 g/mol. The van der Waals surface area contributed by atoms with Crippen LogP contribution in [0.15, 0.2) is 59.8 Å². The van der Waals surface area contributed by atoms with E-state index in [9.17, 15) is 4.79 Å². The van der Waals surface area contributed by atoms with Crippen molar-refractivity contribution >= 4 is 23.2 Å². The largest absolute Gasteiger partial charge is 0.493 e. The van der Waals surface area contributed by atoms with E-state index < -0.39 is 6.09 Å². The van der Waals surface area contributed by atoms with Crippen molar-refractivity contribution in [2.24, 2.45) is 5.10 Å². The Morgan fingerprint density at radius 1 is 1.14 bits per heavy atom. The van der Waals surface area contributed by atoms with Crippen LogP contribution in [0.1, 0.15) is 12.5 Å². The number of nitrogens with one attached hydrogen (secondary N) is 1. The first kappa shape index (κ1) is 19.3. The molecule has 3 rings (SSSR count). The van der Waals surface area contributed by atoms with E-state index in [0.29, 0.717) is 31.3 Å². The first-order valence-electron chi connectivity index (χ1n) is 9.02. The molecule has 0 fully saturated rings. The number of hydrazone groups is 1. The molecule has 0 aliphatic carbocycles. The van der Waals surface area contributed by atoms with Gasteiger partial charge in [0, 0.05) is 22.7 Å². The molecule has 3 aromatic rings. The number of fused-ring (bicyclic) bond motifs is 1. The topological polar surface area (TPSA) is 74.1 Å². The molecular weight excluding hydrogens is 358 g/mol. The van der Waals surface area contributed by atoms with Crippen LogP contribution in [-0.2, 0) is 11.3 Å². The van der Waals surface area contributed by atoms with E-state index in [1.807, 2.05) is 54.7 Å². The van der Waals surface area contributed by atoms with Gasteiger partial charge in [-0.3, -0.25) is 0 Å². The number of methoxy groups -OCH3 is 1. The second-order valence-corrected chi connectivity index (χ2v) is 5.88. The lowest BCUT2D eigenvalue weighted by atomic mass is 10.2. The maximum atomic E-state index is 11.4. The lowest BCUT2D eigenvalue weighted by molar-refractivity contribution is 0.152. The van der Waals surface area contributed by atoms with E-state index in [4.69, 9.17) is 14.2 Å². The molecule has 1 heterocycles. The molecule has 0 saturated carbocycles. The quantitative estimate of drug-likeness (QED) is 0.476. The predicted molar refractivity (Wildman–Crippen MR) is 108 cm³/mol. The molecule has 0 unspecified atom stereocenters. The molecule has 1 aromatic heterocycles. The first-order valence-corrected chi connectivity index (χ1v) is 9.02. The smallest absolute Gasteiger partial charge is 0.427 e. The van der Waals surface area contributed by atoms with E-state index >= 15 is 0 Å². The summed E-state index contributed by atoms with van der Waals surface area (Å²) < 4.78 is 18.1. The van der Waals surface area contributed by atoms with Gasteiger partial charge < -0.3 is 18.8 Å². The minimum atomic E-state index is -0.576. The van der Waals surface area contributed by atoms with Gasteiger partial charge in [-0.2, -0.15) is 5.10 Å². The predicted octanol–water partition coefficient (Wildman–Crippen LogP) is 3.81. The van der Waals surface area contributed by atoms with Crippen molar-refractivity contribution < 1.29 is 19.0 Å². The number of aromatic nitrogens is 1. The van der Waals surface area contributed by atoms with Crippen LogP contribution in [-0.4, -0.2) is 37.2 Å². The van der Waals surface area contributed by atoms with Crippen LogP contribution in [0.2, 0.25) is 0 Å². The summed E-state index contributed by atoms with van der Waals surface area (Å²) in [6.07, 6.45) is 3.01. The Morgan fingerprint density at radius 3 is 2.68 bits per heavy atom. The van der Waals surface area contributed by atoms with Crippen LogP contribution < -0.4 is 14.9 Å². The van der Waals surface area contributed by atoms with E-state index in [2.05, 4.69) is 15.1 Å². The van der Waals surface area contributed by atoms with Crippen LogP contribution in [0.3, 0.4) is 0 Å². The number of benzene rings is 2. The standard InChI is InChI=1S/C21H23N3O4/c1-3-27-21(25)23-22-14-16-15-24(18-9-5-4-8-17(16)18)12-13-28-20-11-7-6-10-19(20)26-2/h4-11,14-15H,3,12-13H2,1-2H3,(H,23,25)/b22-14-. The Hall–Kier alpha value is -3.48. The van der Waals surface area contributed by atoms with Crippen LogP contribution in [0.4, 0.5) is 4.79 Å². The van der Waals surface area contributed by atoms with Gasteiger partial charge in [0.25, 0.3) is 0 Å². The third-order valence-electron chi connectivity index (χ3n) is 4.11. The van der Waals surface area contributed by atoms with Crippen LogP contribution in [0.25, 0.3) is 10.9 Å². The van der Waals surface area contributed by atoms with Gasteiger partial charge in [-0.1, -0.05) is 30.3 Å². The van der Waals surface area contributed by atoms with Gasteiger partial charge in [-0.25, -0.2) is 10.2 Å².